The van der Waals surface area contributed by atoms with Crippen molar-refractivity contribution in [3.05, 3.63) is 41.5 Å². The van der Waals surface area contributed by atoms with Gasteiger partial charge in [-0.1, -0.05) is 6.07 Å². The summed E-state index contributed by atoms with van der Waals surface area (Å²) in [5.74, 6) is 2.71. The molecule has 0 unspecified atom stereocenters. The van der Waals surface area contributed by atoms with Crippen molar-refractivity contribution in [1.82, 2.24) is 25.0 Å². The number of alkyl halides is 3. The molecule has 1 fully saturated rings. The van der Waals surface area contributed by atoms with Gasteiger partial charge in [-0.05, 0) is 31.5 Å². The average Bonchev–Trinajstić information content (AvgIpc) is 3.35. The van der Waals surface area contributed by atoms with Crippen LogP contribution in [0.15, 0.2) is 29.3 Å². The minimum absolute atomic E-state index is 0.461. The molecule has 0 radical (unpaired) electrons. The number of anilines is 1. The van der Waals surface area contributed by atoms with Crippen LogP contribution in [0.3, 0.4) is 0 Å². The van der Waals surface area contributed by atoms with Crippen LogP contribution in [0.1, 0.15) is 30.6 Å². The van der Waals surface area contributed by atoms with Gasteiger partial charge in [0.25, 0.3) is 0 Å². The van der Waals surface area contributed by atoms with Crippen LogP contribution in [0.4, 0.5) is 18.9 Å². The van der Waals surface area contributed by atoms with E-state index in [1.54, 1.807) is 6.07 Å². The van der Waals surface area contributed by atoms with Gasteiger partial charge >= 0.3 is 6.18 Å². The number of aryl methyl sites for hydroxylation is 1. The molecule has 10 heteroatoms. The molecule has 0 atom stereocenters. The Labute approximate surface area is 173 Å². The van der Waals surface area contributed by atoms with Crippen LogP contribution in [-0.4, -0.2) is 58.3 Å². The first-order valence-electron chi connectivity index (χ1n) is 10.3. The van der Waals surface area contributed by atoms with E-state index in [0.29, 0.717) is 38.4 Å². The molecule has 0 bridgehead atoms. The summed E-state index contributed by atoms with van der Waals surface area (Å²) in [4.78, 5) is 8.88. The largest absolute Gasteiger partial charge is 0.416 e. The van der Waals surface area contributed by atoms with Crippen molar-refractivity contribution in [1.29, 1.82) is 0 Å². The first kappa shape index (κ1) is 20.5. The zero-order valence-electron chi connectivity index (χ0n) is 17.0. The smallest absolute Gasteiger partial charge is 0.368 e. The molecule has 1 N–H and O–H groups in total. The van der Waals surface area contributed by atoms with Gasteiger partial charge in [0.15, 0.2) is 11.8 Å². The van der Waals surface area contributed by atoms with E-state index < -0.39 is 11.7 Å². The molecule has 0 aliphatic carbocycles. The molecule has 3 heterocycles. The third kappa shape index (κ3) is 4.36. The standard InChI is InChI=1S/C20H26F3N7/c1-2-24-19(25-14-18-27-26-17-7-4-8-30(17)18)29-11-9-28(10-12-29)16-6-3-5-15(13-16)20(21,22)23/h3,5-6,13H,2,4,7-12,14H2,1H3,(H,24,25). The number of hydrogen-bond acceptors (Lipinski definition) is 4. The van der Waals surface area contributed by atoms with E-state index in [2.05, 4.69) is 25.0 Å². The Morgan fingerprint density at radius 1 is 1.13 bits per heavy atom. The van der Waals surface area contributed by atoms with Crippen LogP contribution in [0.5, 0.6) is 0 Å². The minimum Gasteiger partial charge on any atom is -0.368 e. The summed E-state index contributed by atoms with van der Waals surface area (Å²) in [6, 6.07) is 5.53. The maximum absolute atomic E-state index is 13.0. The van der Waals surface area contributed by atoms with E-state index in [1.165, 1.54) is 12.1 Å². The normalized spacial score (nSPS) is 17.4. The van der Waals surface area contributed by atoms with Crippen molar-refractivity contribution >= 4 is 11.6 Å². The zero-order chi connectivity index (χ0) is 21.1. The van der Waals surface area contributed by atoms with E-state index in [9.17, 15) is 13.2 Å². The van der Waals surface area contributed by atoms with Crippen molar-refractivity contribution in [2.45, 2.75) is 39.0 Å². The van der Waals surface area contributed by atoms with Crippen LogP contribution in [0.2, 0.25) is 0 Å². The van der Waals surface area contributed by atoms with E-state index in [0.717, 1.165) is 49.6 Å². The Morgan fingerprint density at radius 2 is 1.93 bits per heavy atom. The molecule has 162 valence electrons. The molecule has 1 saturated heterocycles. The summed E-state index contributed by atoms with van der Waals surface area (Å²) in [7, 11) is 0. The van der Waals surface area contributed by atoms with Gasteiger partial charge in [0.1, 0.15) is 12.4 Å². The highest BCUT2D eigenvalue weighted by Gasteiger charge is 2.31. The van der Waals surface area contributed by atoms with Crippen LogP contribution >= 0.6 is 0 Å². The lowest BCUT2D eigenvalue weighted by molar-refractivity contribution is -0.137. The maximum Gasteiger partial charge on any atom is 0.416 e. The van der Waals surface area contributed by atoms with E-state index >= 15 is 0 Å². The Hall–Kier alpha value is -2.78. The van der Waals surface area contributed by atoms with Crippen LogP contribution in [0, 0.1) is 0 Å². The second-order valence-electron chi connectivity index (χ2n) is 7.48. The molecule has 2 aliphatic heterocycles. The lowest BCUT2D eigenvalue weighted by atomic mass is 10.1. The summed E-state index contributed by atoms with van der Waals surface area (Å²) in [5.41, 5.74) is -0.0105. The third-order valence-electron chi connectivity index (χ3n) is 5.51. The summed E-state index contributed by atoms with van der Waals surface area (Å²) in [6.45, 7) is 6.79. The van der Waals surface area contributed by atoms with Crippen LogP contribution in [-0.2, 0) is 25.7 Å². The molecule has 4 rings (SSSR count). The highest BCUT2D eigenvalue weighted by Crippen LogP contribution is 2.31. The fourth-order valence-corrected chi connectivity index (χ4v) is 3.95. The predicted molar refractivity (Wildman–Crippen MR) is 108 cm³/mol. The van der Waals surface area contributed by atoms with E-state index in [-0.39, 0.29) is 0 Å². The molecule has 1 aromatic heterocycles. The van der Waals surface area contributed by atoms with Gasteiger partial charge in [-0.2, -0.15) is 13.2 Å². The second-order valence-corrected chi connectivity index (χ2v) is 7.48. The Morgan fingerprint density at radius 3 is 2.67 bits per heavy atom. The van der Waals surface area contributed by atoms with Gasteiger partial charge in [0.2, 0.25) is 0 Å². The summed E-state index contributed by atoms with van der Waals surface area (Å²) in [6.07, 6.45) is -2.27. The average molecular weight is 421 g/mol. The molecular formula is C20H26F3N7. The quantitative estimate of drug-likeness (QED) is 0.607. The third-order valence-corrected chi connectivity index (χ3v) is 5.51. The van der Waals surface area contributed by atoms with Gasteiger partial charge in [-0.3, -0.25) is 0 Å². The van der Waals surface area contributed by atoms with Gasteiger partial charge in [0.05, 0.1) is 5.56 Å². The fraction of sp³-hybridized carbons (Fsp3) is 0.550. The maximum atomic E-state index is 13.0. The minimum atomic E-state index is -4.33. The molecule has 0 amide bonds. The van der Waals surface area contributed by atoms with Crippen molar-refractivity contribution in [3.63, 3.8) is 0 Å². The number of fused-ring (bicyclic) bond motifs is 1. The molecule has 30 heavy (non-hydrogen) atoms. The Kier molecular flexibility index (Phi) is 5.83. The zero-order valence-corrected chi connectivity index (χ0v) is 17.0. The number of aromatic nitrogens is 3. The van der Waals surface area contributed by atoms with Gasteiger partial charge in [-0.15, -0.1) is 10.2 Å². The molecule has 0 saturated carbocycles. The molecular weight excluding hydrogens is 395 g/mol. The lowest BCUT2D eigenvalue weighted by Gasteiger charge is -2.37. The summed E-state index contributed by atoms with van der Waals surface area (Å²) in [5, 5.41) is 11.8. The molecule has 0 spiro atoms. The monoisotopic (exact) mass is 421 g/mol. The number of aliphatic imine (C=N–C) groups is 1. The number of rotatable bonds is 4. The first-order valence-corrected chi connectivity index (χ1v) is 10.3. The van der Waals surface area contributed by atoms with E-state index in [1.807, 2.05) is 11.8 Å². The van der Waals surface area contributed by atoms with Crippen LogP contribution in [0.25, 0.3) is 0 Å². The number of piperazine rings is 1. The first-order chi connectivity index (χ1) is 14.5. The van der Waals surface area contributed by atoms with Gasteiger partial charge in [-0.25, -0.2) is 4.99 Å². The number of hydrogen-bond donors (Lipinski definition) is 1. The van der Waals surface area contributed by atoms with E-state index in [4.69, 9.17) is 4.99 Å². The van der Waals surface area contributed by atoms with Crippen molar-refractivity contribution in [2.24, 2.45) is 4.99 Å². The van der Waals surface area contributed by atoms with Crippen molar-refractivity contribution < 1.29 is 13.2 Å². The number of guanidine groups is 1. The highest BCUT2D eigenvalue weighted by molar-refractivity contribution is 5.80. The number of nitrogens with one attached hydrogen (secondary N) is 1. The second kappa shape index (κ2) is 8.53. The molecule has 7 nitrogen and oxygen atoms in total. The number of benzene rings is 1. The summed E-state index contributed by atoms with van der Waals surface area (Å²) >= 11 is 0. The predicted octanol–water partition coefficient (Wildman–Crippen LogP) is 2.53. The highest BCUT2D eigenvalue weighted by atomic mass is 19.4. The van der Waals surface area contributed by atoms with Crippen molar-refractivity contribution in [3.8, 4) is 0 Å². The number of halogens is 3. The van der Waals surface area contributed by atoms with Gasteiger partial charge in [0, 0.05) is 51.4 Å². The van der Waals surface area contributed by atoms with Crippen LogP contribution < -0.4 is 10.2 Å². The van der Waals surface area contributed by atoms with Gasteiger partial charge < -0.3 is 19.7 Å². The fourth-order valence-electron chi connectivity index (χ4n) is 3.95. The number of nitrogens with zero attached hydrogens (tertiary/aromatic N) is 6. The molecule has 1 aromatic carbocycles. The molecule has 2 aromatic rings. The topological polar surface area (TPSA) is 61.6 Å². The lowest BCUT2D eigenvalue weighted by Crippen LogP contribution is -2.52. The van der Waals surface area contributed by atoms with Crippen molar-refractivity contribution in [2.75, 3.05) is 37.6 Å². The Bertz CT molecular complexity index is 898. The summed E-state index contributed by atoms with van der Waals surface area (Å²) < 4.78 is 41.2. The Balaban J connectivity index is 1.41. The molecule has 2 aliphatic rings. The SMILES string of the molecule is CCNC(=NCc1nnc2n1CCC2)N1CCN(c2cccc(C(F)(F)F)c2)CC1.